The second-order valence-electron chi connectivity index (χ2n) is 3.40. The number of anilines is 1. The molecule has 1 amide bonds. The van der Waals surface area contributed by atoms with E-state index in [0.717, 1.165) is 6.07 Å². The molecule has 1 heterocycles. The summed E-state index contributed by atoms with van der Waals surface area (Å²) >= 11 is 0. The topological polar surface area (TPSA) is 79.5 Å². The van der Waals surface area contributed by atoms with E-state index in [4.69, 9.17) is 9.52 Å². The Kier molecular flexibility index (Phi) is 3.09. The van der Waals surface area contributed by atoms with E-state index in [1.165, 1.54) is 30.5 Å². The summed E-state index contributed by atoms with van der Waals surface area (Å²) in [6.45, 7) is 0. The van der Waals surface area contributed by atoms with Crippen LogP contribution in [-0.2, 0) is 0 Å². The number of halogens is 1. The number of benzene rings is 1. The monoisotopic (exact) mass is 249 g/mol. The van der Waals surface area contributed by atoms with Crippen LogP contribution in [-0.4, -0.2) is 17.0 Å². The lowest BCUT2D eigenvalue weighted by atomic mass is 10.1. The molecule has 0 bridgehead atoms. The maximum absolute atomic E-state index is 13.5. The number of carboxylic acid groups (broad SMARTS) is 1. The van der Waals surface area contributed by atoms with Gasteiger partial charge in [-0.1, -0.05) is 6.07 Å². The average molecular weight is 249 g/mol. The Morgan fingerprint density at radius 1 is 1.22 bits per heavy atom. The second kappa shape index (κ2) is 4.70. The average Bonchev–Trinajstić information content (AvgIpc) is 2.85. The Morgan fingerprint density at radius 3 is 2.61 bits per heavy atom. The smallest absolute Gasteiger partial charge is 0.337 e. The van der Waals surface area contributed by atoms with Crippen molar-refractivity contribution in [1.82, 2.24) is 0 Å². The molecule has 0 fully saturated rings. The van der Waals surface area contributed by atoms with Crippen molar-refractivity contribution in [1.29, 1.82) is 0 Å². The van der Waals surface area contributed by atoms with Gasteiger partial charge in [0.25, 0.3) is 5.91 Å². The van der Waals surface area contributed by atoms with Crippen LogP contribution >= 0.6 is 0 Å². The molecule has 92 valence electrons. The third-order valence-electron chi connectivity index (χ3n) is 2.23. The predicted molar refractivity (Wildman–Crippen MR) is 60.0 cm³/mol. The van der Waals surface area contributed by atoms with Crippen LogP contribution in [0.15, 0.2) is 41.0 Å². The molecule has 2 aromatic rings. The highest BCUT2D eigenvalue weighted by Crippen LogP contribution is 2.20. The van der Waals surface area contributed by atoms with Crippen LogP contribution in [0.25, 0.3) is 0 Å². The van der Waals surface area contributed by atoms with Gasteiger partial charge in [-0.25, -0.2) is 9.18 Å². The van der Waals surface area contributed by atoms with Gasteiger partial charge >= 0.3 is 5.97 Å². The molecule has 0 aliphatic rings. The van der Waals surface area contributed by atoms with Gasteiger partial charge in [-0.3, -0.25) is 4.79 Å². The number of para-hydroxylation sites is 1. The normalized spacial score (nSPS) is 10.1. The molecule has 0 saturated heterocycles. The van der Waals surface area contributed by atoms with Gasteiger partial charge in [0.05, 0.1) is 17.5 Å². The highest BCUT2D eigenvalue weighted by Gasteiger charge is 2.18. The minimum atomic E-state index is -1.33. The summed E-state index contributed by atoms with van der Waals surface area (Å²) in [6.07, 6.45) is 1.29. The van der Waals surface area contributed by atoms with Gasteiger partial charge in [-0.15, -0.1) is 0 Å². The summed E-state index contributed by atoms with van der Waals surface area (Å²) in [7, 11) is 0. The molecule has 0 aliphatic heterocycles. The maximum atomic E-state index is 13.5. The lowest BCUT2D eigenvalue weighted by Crippen LogP contribution is -2.15. The van der Waals surface area contributed by atoms with E-state index in [-0.39, 0.29) is 17.0 Å². The fraction of sp³-hybridized carbons (Fsp3) is 0. The Hall–Kier alpha value is -2.63. The molecular weight excluding hydrogens is 241 g/mol. The fourth-order valence-corrected chi connectivity index (χ4v) is 1.41. The Labute approximate surface area is 101 Å². The largest absolute Gasteiger partial charge is 0.478 e. The molecule has 1 aromatic heterocycles. The Balaban J connectivity index is 2.34. The van der Waals surface area contributed by atoms with Crippen molar-refractivity contribution in [3.05, 3.63) is 53.7 Å². The number of rotatable bonds is 3. The van der Waals surface area contributed by atoms with Crippen molar-refractivity contribution in [2.45, 2.75) is 0 Å². The maximum Gasteiger partial charge on any atom is 0.337 e. The first-order valence-electron chi connectivity index (χ1n) is 4.96. The van der Waals surface area contributed by atoms with E-state index >= 15 is 0 Å². The van der Waals surface area contributed by atoms with Crippen LogP contribution in [0.5, 0.6) is 0 Å². The zero-order chi connectivity index (χ0) is 13.1. The van der Waals surface area contributed by atoms with Crippen LogP contribution in [0.4, 0.5) is 10.1 Å². The molecule has 1 aromatic carbocycles. The lowest BCUT2D eigenvalue weighted by molar-refractivity contribution is 0.0697. The van der Waals surface area contributed by atoms with E-state index in [0.29, 0.717) is 0 Å². The summed E-state index contributed by atoms with van der Waals surface area (Å²) in [5.41, 5.74) is -0.707. The van der Waals surface area contributed by atoms with Crippen LogP contribution in [0.3, 0.4) is 0 Å². The molecule has 2 N–H and O–H groups in total. The van der Waals surface area contributed by atoms with Crippen molar-refractivity contribution in [3.63, 3.8) is 0 Å². The molecule has 6 heteroatoms. The van der Waals surface area contributed by atoms with Gasteiger partial charge in [0.1, 0.15) is 5.82 Å². The van der Waals surface area contributed by atoms with Crippen LogP contribution < -0.4 is 5.32 Å². The first-order chi connectivity index (χ1) is 8.59. The lowest BCUT2D eigenvalue weighted by Gasteiger charge is -2.07. The van der Waals surface area contributed by atoms with E-state index in [1.54, 1.807) is 0 Å². The first-order valence-corrected chi connectivity index (χ1v) is 4.96. The van der Waals surface area contributed by atoms with Gasteiger partial charge in [0, 0.05) is 0 Å². The van der Waals surface area contributed by atoms with E-state index < -0.39 is 17.7 Å². The number of aromatic carboxylic acids is 1. The summed E-state index contributed by atoms with van der Waals surface area (Å²) in [6, 6.07) is 6.39. The van der Waals surface area contributed by atoms with Gasteiger partial charge in [0.2, 0.25) is 0 Å². The van der Waals surface area contributed by atoms with Crippen molar-refractivity contribution in [3.8, 4) is 0 Å². The van der Waals surface area contributed by atoms with Crippen LogP contribution in [0, 0.1) is 5.82 Å². The van der Waals surface area contributed by atoms with Gasteiger partial charge < -0.3 is 14.8 Å². The van der Waals surface area contributed by atoms with E-state index in [2.05, 4.69) is 5.32 Å². The number of amides is 1. The van der Waals surface area contributed by atoms with Gasteiger partial charge in [-0.2, -0.15) is 0 Å². The zero-order valence-electron chi connectivity index (χ0n) is 9.01. The molecular formula is C12H8FNO4. The molecule has 0 radical (unpaired) electrons. The minimum absolute atomic E-state index is 0.0328. The highest BCUT2D eigenvalue weighted by atomic mass is 19.1. The highest BCUT2D eigenvalue weighted by molar-refractivity contribution is 6.06. The fourth-order valence-electron chi connectivity index (χ4n) is 1.41. The second-order valence-corrected chi connectivity index (χ2v) is 3.40. The predicted octanol–water partition coefficient (Wildman–Crippen LogP) is 2.37. The third-order valence-corrected chi connectivity index (χ3v) is 2.23. The quantitative estimate of drug-likeness (QED) is 0.875. The van der Waals surface area contributed by atoms with Gasteiger partial charge in [0.15, 0.2) is 5.76 Å². The Bertz CT molecular complexity index is 592. The summed E-state index contributed by atoms with van der Waals surface area (Å²) in [4.78, 5) is 22.5. The molecule has 0 aliphatic carbocycles. The number of hydrogen-bond donors (Lipinski definition) is 2. The third kappa shape index (κ3) is 2.22. The number of nitrogens with one attached hydrogen (secondary N) is 1. The van der Waals surface area contributed by atoms with Gasteiger partial charge in [-0.05, 0) is 24.3 Å². The van der Waals surface area contributed by atoms with Crippen LogP contribution in [0.1, 0.15) is 20.9 Å². The molecule has 0 saturated carbocycles. The van der Waals surface area contributed by atoms with E-state index in [1.807, 2.05) is 0 Å². The number of furan rings is 1. The molecule has 0 unspecified atom stereocenters. The standard InChI is InChI=1S/C12H8FNO4/c13-8-4-1-3-7(12(16)17)10(8)14-11(15)9-5-2-6-18-9/h1-6H,(H,14,15)(H,16,17). The Morgan fingerprint density at radius 2 is 2.00 bits per heavy atom. The molecule has 18 heavy (non-hydrogen) atoms. The van der Waals surface area contributed by atoms with Crippen molar-refractivity contribution < 1.29 is 23.5 Å². The van der Waals surface area contributed by atoms with Crippen molar-refractivity contribution in [2.75, 3.05) is 5.32 Å². The molecule has 0 atom stereocenters. The molecule has 5 nitrogen and oxygen atoms in total. The van der Waals surface area contributed by atoms with Crippen molar-refractivity contribution in [2.24, 2.45) is 0 Å². The SMILES string of the molecule is O=C(Nc1c(F)cccc1C(=O)O)c1ccco1. The number of hydrogen-bond acceptors (Lipinski definition) is 3. The van der Waals surface area contributed by atoms with Crippen molar-refractivity contribution >= 4 is 17.6 Å². The van der Waals surface area contributed by atoms with Crippen LogP contribution in [0.2, 0.25) is 0 Å². The minimum Gasteiger partial charge on any atom is -0.478 e. The zero-order valence-corrected chi connectivity index (χ0v) is 9.01. The summed E-state index contributed by atoms with van der Waals surface area (Å²) in [5, 5.41) is 11.1. The first kappa shape index (κ1) is 11.8. The van der Waals surface area contributed by atoms with E-state index in [9.17, 15) is 14.0 Å². The summed E-state index contributed by atoms with van der Waals surface area (Å²) in [5.74, 6) is -2.90. The molecule has 0 spiro atoms. The number of carbonyl (C=O) groups is 2. The number of carboxylic acids is 1. The number of carbonyl (C=O) groups excluding carboxylic acids is 1. The summed E-state index contributed by atoms with van der Waals surface area (Å²) < 4.78 is 18.3. The molecule has 2 rings (SSSR count).